The summed E-state index contributed by atoms with van der Waals surface area (Å²) in [5, 5.41) is 4.19. The lowest BCUT2D eigenvalue weighted by Crippen LogP contribution is -2.55. The zero-order valence-corrected chi connectivity index (χ0v) is 20.2. The van der Waals surface area contributed by atoms with Crippen LogP contribution in [0.5, 0.6) is 0 Å². The minimum Gasteiger partial charge on any atom is -0.324 e. The second-order valence-electron chi connectivity index (χ2n) is 11.3. The fourth-order valence-electron chi connectivity index (χ4n) is 5.16. The van der Waals surface area contributed by atoms with Gasteiger partial charge in [-0.15, -0.1) is 0 Å². The van der Waals surface area contributed by atoms with Crippen molar-refractivity contribution in [3.05, 3.63) is 36.5 Å². The molecule has 32 heavy (non-hydrogen) atoms. The Bertz CT molecular complexity index is 1010. The van der Waals surface area contributed by atoms with Gasteiger partial charge in [0, 0.05) is 29.2 Å². The molecule has 6 nitrogen and oxygen atoms in total. The third kappa shape index (κ3) is 4.07. The van der Waals surface area contributed by atoms with Crippen molar-refractivity contribution in [1.82, 2.24) is 14.8 Å². The molecule has 0 spiro atoms. The fourth-order valence-corrected chi connectivity index (χ4v) is 5.16. The van der Waals surface area contributed by atoms with E-state index >= 15 is 0 Å². The van der Waals surface area contributed by atoms with E-state index in [1.807, 2.05) is 40.1 Å². The van der Waals surface area contributed by atoms with Gasteiger partial charge in [0.25, 0.3) is 0 Å². The van der Waals surface area contributed by atoms with Gasteiger partial charge in [-0.1, -0.05) is 24.6 Å². The number of rotatable bonds is 4. The van der Waals surface area contributed by atoms with E-state index in [2.05, 4.69) is 51.8 Å². The smallest absolute Gasteiger partial charge is 0.321 e. The van der Waals surface area contributed by atoms with Crippen LogP contribution in [-0.4, -0.2) is 50.4 Å². The molecule has 1 aromatic heterocycles. The molecule has 0 bridgehead atoms. The number of nitrogens with zero attached hydrogens (tertiary/aromatic N) is 3. The van der Waals surface area contributed by atoms with Crippen molar-refractivity contribution in [3.63, 3.8) is 0 Å². The zero-order chi connectivity index (χ0) is 23.3. The number of pyridine rings is 1. The van der Waals surface area contributed by atoms with Gasteiger partial charge in [-0.25, -0.2) is 4.79 Å². The van der Waals surface area contributed by atoms with E-state index in [1.165, 1.54) is 0 Å². The molecule has 1 aliphatic carbocycles. The molecule has 1 saturated carbocycles. The highest BCUT2D eigenvalue weighted by Crippen LogP contribution is 2.42. The quantitative estimate of drug-likeness (QED) is 0.708. The maximum Gasteiger partial charge on any atom is 0.321 e. The molecule has 172 valence electrons. The van der Waals surface area contributed by atoms with Crippen LogP contribution in [0.15, 0.2) is 36.5 Å². The summed E-state index contributed by atoms with van der Waals surface area (Å²) < 4.78 is 0. The average molecular weight is 437 g/mol. The lowest BCUT2D eigenvalue weighted by Gasteiger charge is -2.43. The lowest BCUT2D eigenvalue weighted by molar-refractivity contribution is -0.125. The third-order valence-electron chi connectivity index (χ3n) is 6.94. The van der Waals surface area contributed by atoms with Gasteiger partial charge in [0.15, 0.2) is 0 Å². The van der Waals surface area contributed by atoms with Gasteiger partial charge >= 0.3 is 6.03 Å². The first-order valence-electron chi connectivity index (χ1n) is 11.7. The molecule has 1 aromatic carbocycles. The van der Waals surface area contributed by atoms with Crippen LogP contribution in [-0.2, 0) is 4.79 Å². The number of carbonyl (C=O) groups excluding carboxylic acids is 2. The Balaban J connectivity index is 1.69. The Morgan fingerprint density at radius 1 is 1.06 bits per heavy atom. The van der Waals surface area contributed by atoms with Crippen molar-refractivity contribution in [2.75, 3.05) is 11.9 Å². The molecule has 3 amide bonds. The monoisotopic (exact) mass is 436 g/mol. The molecule has 0 radical (unpaired) electrons. The van der Waals surface area contributed by atoms with Crippen molar-refractivity contribution < 1.29 is 9.59 Å². The predicted molar refractivity (Wildman–Crippen MR) is 128 cm³/mol. The molecule has 2 unspecified atom stereocenters. The number of para-hydroxylation sites is 1. The molecule has 1 aliphatic heterocycles. The van der Waals surface area contributed by atoms with E-state index in [9.17, 15) is 9.59 Å². The van der Waals surface area contributed by atoms with Gasteiger partial charge in [0.05, 0.1) is 23.2 Å². The summed E-state index contributed by atoms with van der Waals surface area (Å²) >= 11 is 0. The van der Waals surface area contributed by atoms with Gasteiger partial charge in [0.1, 0.15) is 0 Å². The van der Waals surface area contributed by atoms with Crippen molar-refractivity contribution in [3.8, 4) is 0 Å². The maximum atomic E-state index is 13.8. The molecule has 6 heteroatoms. The van der Waals surface area contributed by atoms with Crippen LogP contribution in [0.1, 0.15) is 60.8 Å². The van der Waals surface area contributed by atoms with E-state index in [-0.39, 0.29) is 35.0 Å². The number of anilines is 1. The van der Waals surface area contributed by atoms with E-state index in [0.717, 1.165) is 35.9 Å². The molecule has 2 fully saturated rings. The standard InChI is InChI=1S/C26H36N4O2/c1-25(2,3)29-16-20(30(24(29)32)26(4,5)6)21(17-10-7-11-17)23(31)28-19-14-8-12-18-13-9-15-27-22(18)19/h8-9,12-15,17,20-21H,7,10-11,16H2,1-6H3,(H,28,31). The summed E-state index contributed by atoms with van der Waals surface area (Å²) in [5.74, 6) is 0.0365. The molecule has 2 aromatic rings. The number of benzene rings is 1. The van der Waals surface area contributed by atoms with Crippen LogP contribution in [0, 0.1) is 11.8 Å². The molecule has 2 atom stereocenters. The van der Waals surface area contributed by atoms with Crippen molar-refractivity contribution >= 4 is 28.5 Å². The summed E-state index contributed by atoms with van der Waals surface area (Å²) in [6.07, 6.45) is 4.96. The normalized spacial score (nSPS) is 21.1. The summed E-state index contributed by atoms with van der Waals surface area (Å²) in [6, 6.07) is 9.62. The highest BCUT2D eigenvalue weighted by molar-refractivity contribution is 6.01. The Hall–Kier alpha value is -2.63. The zero-order valence-electron chi connectivity index (χ0n) is 20.2. The van der Waals surface area contributed by atoms with E-state index in [0.29, 0.717) is 12.5 Å². The maximum absolute atomic E-state index is 13.8. The summed E-state index contributed by atoms with van der Waals surface area (Å²) in [6.45, 7) is 13.0. The molecular formula is C26H36N4O2. The van der Waals surface area contributed by atoms with Crippen LogP contribution in [0.25, 0.3) is 10.9 Å². The minimum atomic E-state index is -0.370. The number of hydrogen-bond acceptors (Lipinski definition) is 3. The number of aromatic nitrogens is 1. The fraction of sp³-hybridized carbons (Fsp3) is 0.577. The first-order chi connectivity index (χ1) is 15.0. The van der Waals surface area contributed by atoms with E-state index in [1.54, 1.807) is 6.20 Å². The van der Waals surface area contributed by atoms with Crippen LogP contribution in [0.2, 0.25) is 0 Å². The van der Waals surface area contributed by atoms with Crippen LogP contribution in [0.3, 0.4) is 0 Å². The average Bonchev–Trinajstić information content (AvgIpc) is 3.02. The van der Waals surface area contributed by atoms with Gasteiger partial charge in [-0.2, -0.15) is 0 Å². The Kier molecular flexibility index (Phi) is 5.68. The van der Waals surface area contributed by atoms with E-state index in [4.69, 9.17) is 0 Å². The predicted octanol–water partition coefficient (Wildman–Crippen LogP) is 5.29. The van der Waals surface area contributed by atoms with Crippen LogP contribution in [0.4, 0.5) is 10.5 Å². The molecule has 2 aliphatic rings. The third-order valence-corrected chi connectivity index (χ3v) is 6.94. The summed E-state index contributed by atoms with van der Waals surface area (Å²) in [5.41, 5.74) is 0.861. The first-order valence-corrected chi connectivity index (χ1v) is 11.7. The van der Waals surface area contributed by atoms with Crippen molar-refractivity contribution in [2.24, 2.45) is 11.8 Å². The SMILES string of the molecule is CC(C)(C)N1CC(C(C(=O)Nc2cccc3cccnc23)C2CCC2)N(C(C)(C)C)C1=O. The number of hydrogen-bond donors (Lipinski definition) is 1. The Morgan fingerprint density at radius 2 is 1.75 bits per heavy atom. The van der Waals surface area contributed by atoms with Gasteiger partial charge in [-0.3, -0.25) is 9.78 Å². The largest absolute Gasteiger partial charge is 0.324 e. The highest BCUT2D eigenvalue weighted by atomic mass is 16.2. The first kappa shape index (κ1) is 22.6. The summed E-state index contributed by atoms with van der Waals surface area (Å²) in [4.78, 5) is 35.7. The number of urea groups is 1. The molecule has 1 saturated heterocycles. The van der Waals surface area contributed by atoms with Crippen molar-refractivity contribution in [1.29, 1.82) is 0 Å². The molecule has 1 N–H and O–H groups in total. The number of fused-ring (bicyclic) bond motifs is 1. The van der Waals surface area contributed by atoms with Crippen LogP contribution < -0.4 is 5.32 Å². The second-order valence-corrected chi connectivity index (χ2v) is 11.3. The van der Waals surface area contributed by atoms with Gasteiger partial charge in [0.2, 0.25) is 5.91 Å². The molecule has 2 heterocycles. The van der Waals surface area contributed by atoms with Crippen LogP contribution >= 0.6 is 0 Å². The molecular weight excluding hydrogens is 400 g/mol. The molecule has 4 rings (SSSR count). The highest BCUT2D eigenvalue weighted by Gasteiger charge is 2.53. The Morgan fingerprint density at radius 3 is 2.34 bits per heavy atom. The van der Waals surface area contributed by atoms with Gasteiger partial charge < -0.3 is 15.1 Å². The second kappa shape index (κ2) is 8.05. The van der Waals surface area contributed by atoms with Crippen molar-refractivity contribution in [2.45, 2.75) is 77.9 Å². The topological polar surface area (TPSA) is 65.5 Å². The lowest BCUT2D eigenvalue weighted by atomic mass is 9.71. The number of nitrogens with one attached hydrogen (secondary N) is 1. The number of amides is 3. The van der Waals surface area contributed by atoms with E-state index < -0.39 is 0 Å². The number of carbonyl (C=O) groups is 2. The minimum absolute atomic E-state index is 0.00402. The Labute approximate surface area is 191 Å². The summed E-state index contributed by atoms with van der Waals surface area (Å²) in [7, 11) is 0. The van der Waals surface area contributed by atoms with Gasteiger partial charge in [-0.05, 0) is 72.4 Å².